The zero-order valence-electron chi connectivity index (χ0n) is 18.7. The summed E-state index contributed by atoms with van der Waals surface area (Å²) in [5, 5.41) is 12.6. The Hall–Kier alpha value is -2.68. The molecule has 0 radical (unpaired) electrons. The van der Waals surface area contributed by atoms with E-state index in [-0.39, 0.29) is 42.4 Å². The maximum absolute atomic E-state index is 13.1. The van der Waals surface area contributed by atoms with Gasteiger partial charge in [0.25, 0.3) is 5.91 Å². The van der Waals surface area contributed by atoms with E-state index in [9.17, 15) is 19.5 Å². The van der Waals surface area contributed by atoms with E-state index in [0.717, 1.165) is 4.90 Å². The van der Waals surface area contributed by atoms with Crippen LogP contribution in [0.3, 0.4) is 0 Å². The molecule has 3 rings (SSSR count). The number of nitrogens with one attached hydrogen (secondary N) is 1. The number of carbonyl (C=O) groups is 3. The molecule has 0 atom stereocenters. The van der Waals surface area contributed by atoms with Crippen molar-refractivity contribution in [2.45, 2.75) is 35.1 Å². The molecule has 1 aliphatic rings. The van der Waals surface area contributed by atoms with Crippen molar-refractivity contribution in [3.63, 3.8) is 0 Å². The van der Waals surface area contributed by atoms with Crippen molar-refractivity contribution in [2.75, 3.05) is 20.2 Å². The predicted octanol–water partition coefficient (Wildman–Crippen LogP) is 4.75. The Morgan fingerprint density at radius 3 is 2.32 bits per heavy atom. The molecule has 1 saturated heterocycles. The van der Waals surface area contributed by atoms with Crippen LogP contribution in [0.5, 0.6) is 5.75 Å². The van der Waals surface area contributed by atoms with Gasteiger partial charge in [-0.15, -0.1) is 0 Å². The highest BCUT2D eigenvalue weighted by Crippen LogP contribution is 2.43. The molecule has 0 bridgehead atoms. The Morgan fingerprint density at radius 2 is 1.74 bits per heavy atom. The number of carboxylic acid groups (broad SMARTS) is 1. The van der Waals surface area contributed by atoms with Crippen LogP contribution < -0.4 is 10.1 Å². The molecule has 0 saturated carbocycles. The van der Waals surface area contributed by atoms with Crippen molar-refractivity contribution in [3.8, 4) is 5.75 Å². The van der Waals surface area contributed by atoms with Crippen LogP contribution in [0, 0.1) is 0 Å². The van der Waals surface area contributed by atoms with Crippen LogP contribution in [0.25, 0.3) is 5.57 Å². The Bertz CT molecular complexity index is 1150. The van der Waals surface area contributed by atoms with Crippen LogP contribution in [-0.2, 0) is 14.4 Å². The third kappa shape index (κ3) is 5.35. The van der Waals surface area contributed by atoms with Gasteiger partial charge < -0.3 is 20.1 Å². The standard InChI is InChI=1S/C24H24Cl2N2O5S/c1-14(22(30)28-12-10-24(11-13-28,23(31)32)27-15(2)29)16-8-9-19(21(26)20(16)25)34-18-7-5-4-6-17(18)33-3/h4-9H,1,10-13H2,2-3H3,(H,27,29)(H,31,32). The monoisotopic (exact) mass is 522 g/mol. The number of aliphatic carboxylic acids is 1. The molecule has 2 N–H and O–H groups in total. The van der Waals surface area contributed by atoms with E-state index in [4.69, 9.17) is 27.9 Å². The van der Waals surface area contributed by atoms with E-state index in [2.05, 4.69) is 11.9 Å². The second-order valence-electron chi connectivity index (χ2n) is 7.83. The van der Waals surface area contributed by atoms with Gasteiger partial charge in [-0.1, -0.05) is 59.7 Å². The lowest BCUT2D eigenvalue weighted by atomic mass is 9.87. The second kappa shape index (κ2) is 10.7. The van der Waals surface area contributed by atoms with Crippen molar-refractivity contribution >= 4 is 58.3 Å². The van der Waals surface area contributed by atoms with Gasteiger partial charge >= 0.3 is 5.97 Å². The highest BCUT2D eigenvalue weighted by Gasteiger charge is 2.43. The van der Waals surface area contributed by atoms with Gasteiger partial charge in [-0.3, -0.25) is 9.59 Å². The van der Waals surface area contributed by atoms with E-state index in [0.29, 0.717) is 21.2 Å². The fourth-order valence-electron chi connectivity index (χ4n) is 3.79. The summed E-state index contributed by atoms with van der Waals surface area (Å²) in [6.07, 6.45) is 0.174. The van der Waals surface area contributed by atoms with Gasteiger partial charge in [0.1, 0.15) is 11.3 Å². The summed E-state index contributed by atoms with van der Waals surface area (Å²) in [5.41, 5.74) is -0.830. The summed E-state index contributed by atoms with van der Waals surface area (Å²) in [6, 6.07) is 11.0. The van der Waals surface area contributed by atoms with Crippen molar-refractivity contribution in [2.24, 2.45) is 0 Å². The second-order valence-corrected chi connectivity index (χ2v) is 9.67. The number of carbonyl (C=O) groups excluding carboxylic acids is 2. The third-order valence-electron chi connectivity index (χ3n) is 5.65. The van der Waals surface area contributed by atoms with Crippen LogP contribution in [0.4, 0.5) is 0 Å². The largest absolute Gasteiger partial charge is 0.496 e. The van der Waals surface area contributed by atoms with Gasteiger partial charge in [0.15, 0.2) is 0 Å². The van der Waals surface area contributed by atoms with E-state index in [1.54, 1.807) is 19.2 Å². The number of rotatable bonds is 7. The average Bonchev–Trinajstić information content (AvgIpc) is 2.81. The summed E-state index contributed by atoms with van der Waals surface area (Å²) in [4.78, 5) is 39.4. The SMILES string of the molecule is C=C(C(=O)N1CCC(NC(C)=O)(C(=O)O)CC1)c1ccc(Sc2ccccc2OC)c(Cl)c1Cl. The van der Waals surface area contributed by atoms with Gasteiger partial charge in [0.2, 0.25) is 5.91 Å². The summed E-state index contributed by atoms with van der Waals surface area (Å²) >= 11 is 14.4. The number of halogens is 2. The minimum Gasteiger partial charge on any atom is -0.496 e. The van der Waals surface area contributed by atoms with Crippen LogP contribution in [0.2, 0.25) is 10.0 Å². The number of hydrogen-bond acceptors (Lipinski definition) is 5. The van der Waals surface area contributed by atoms with Crippen LogP contribution in [0.1, 0.15) is 25.3 Å². The van der Waals surface area contributed by atoms with Crippen molar-refractivity contribution in [1.82, 2.24) is 10.2 Å². The number of amides is 2. The summed E-state index contributed by atoms with van der Waals surface area (Å²) in [5.74, 6) is -1.22. The van der Waals surface area contributed by atoms with E-state index in [1.807, 2.05) is 24.3 Å². The minimum absolute atomic E-state index is 0.0872. The van der Waals surface area contributed by atoms with Gasteiger partial charge in [0.05, 0.1) is 22.1 Å². The average molecular weight is 523 g/mol. The van der Waals surface area contributed by atoms with E-state index < -0.39 is 17.4 Å². The topological polar surface area (TPSA) is 95.9 Å². The number of piperidine rings is 1. The summed E-state index contributed by atoms with van der Waals surface area (Å²) < 4.78 is 5.38. The van der Waals surface area contributed by atoms with Gasteiger partial charge in [-0.05, 0) is 31.0 Å². The highest BCUT2D eigenvalue weighted by atomic mass is 35.5. The van der Waals surface area contributed by atoms with Crippen molar-refractivity contribution < 1.29 is 24.2 Å². The quantitative estimate of drug-likeness (QED) is 0.509. The Labute approximate surface area is 212 Å². The molecule has 1 heterocycles. The first-order chi connectivity index (χ1) is 16.1. The predicted molar refractivity (Wildman–Crippen MR) is 133 cm³/mol. The molecule has 1 aliphatic heterocycles. The molecule has 7 nitrogen and oxygen atoms in total. The smallest absolute Gasteiger partial charge is 0.329 e. The molecular weight excluding hydrogens is 499 g/mol. The lowest BCUT2D eigenvalue weighted by molar-refractivity contribution is -0.151. The maximum atomic E-state index is 13.1. The van der Waals surface area contributed by atoms with Crippen LogP contribution in [-0.4, -0.2) is 53.5 Å². The molecule has 2 aromatic rings. The number of likely N-dealkylation sites (tertiary alicyclic amines) is 1. The fraction of sp³-hybridized carbons (Fsp3) is 0.292. The van der Waals surface area contributed by atoms with Gasteiger partial charge in [0, 0.05) is 36.0 Å². The molecule has 34 heavy (non-hydrogen) atoms. The first kappa shape index (κ1) is 25.9. The fourth-order valence-corrected chi connectivity index (χ4v) is 5.37. The minimum atomic E-state index is -1.39. The molecule has 2 amide bonds. The normalized spacial score (nSPS) is 14.9. The Morgan fingerprint density at radius 1 is 1.09 bits per heavy atom. The number of benzene rings is 2. The van der Waals surface area contributed by atoms with E-state index >= 15 is 0 Å². The zero-order chi connectivity index (χ0) is 25.0. The van der Waals surface area contributed by atoms with Crippen LogP contribution in [0.15, 0.2) is 52.8 Å². The maximum Gasteiger partial charge on any atom is 0.329 e. The first-order valence-corrected chi connectivity index (χ1v) is 12.0. The number of nitrogens with zero attached hydrogens (tertiary/aromatic N) is 1. The molecule has 0 spiro atoms. The molecule has 180 valence electrons. The third-order valence-corrected chi connectivity index (χ3v) is 7.76. The van der Waals surface area contributed by atoms with Gasteiger partial charge in [-0.25, -0.2) is 4.79 Å². The first-order valence-electron chi connectivity index (χ1n) is 10.4. The molecular formula is C24H24Cl2N2O5S. The molecule has 1 fully saturated rings. The number of methoxy groups -OCH3 is 1. The molecule has 2 aromatic carbocycles. The Balaban J connectivity index is 1.76. The molecule has 0 aliphatic carbocycles. The lowest BCUT2D eigenvalue weighted by Crippen LogP contribution is -2.60. The van der Waals surface area contributed by atoms with Crippen LogP contribution >= 0.6 is 35.0 Å². The van der Waals surface area contributed by atoms with E-state index in [1.165, 1.54) is 23.6 Å². The number of hydrogen-bond donors (Lipinski definition) is 2. The zero-order valence-corrected chi connectivity index (χ0v) is 21.0. The molecule has 0 aromatic heterocycles. The summed E-state index contributed by atoms with van der Waals surface area (Å²) in [7, 11) is 1.59. The number of para-hydroxylation sites is 1. The van der Waals surface area contributed by atoms with Crippen molar-refractivity contribution in [3.05, 3.63) is 58.6 Å². The van der Waals surface area contributed by atoms with Gasteiger partial charge in [-0.2, -0.15) is 0 Å². The number of ether oxygens (including phenoxy) is 1. The molecule has 0 unspecified atom stereocenters. The Kier molecular flexibility index (Phi) is 8.17. The highest BCUT2D eigenvalue weighted by molar-refractivity contribution is 7.99. The number of carboxylic acids is 1. The lowest BCUT2D eigenvalue weighted by Gasteiger charge is -2.39. The molecule has 10 heteroatoms. The summed E-state index contributed by atoms with van der Waals surface area (Å²) in [6.45, 7) is 5.49. The van der Waals surface area contributed by atoms with Crippen molar-refractivity contribution in [1.29, 1.82) is 0 Å².